The molecule has 1 aliphatic heterocycles. The highest BCUT2D eigenvalue weighted by atomic mass is 16.5. The van der Waals surface area contributed by atoms with Gasteiger partial charge in [0.15, 0.2) is 0 Å². The van der Waals surface area contributed by atoms with Crippen molar-refractivity contribution in [3.8, 4) is 0 Å². The number of aliphatic hydroxyl groups is 3. The number of benzene rings is 1. The van der Waals surface area contributed by atoms with Gasteiger partial charge in [-0.3, -0.25) is 4.90 Å². The van der Waals surface area contributed by atoms with Gasteiger partial charge in [-0.25, -0.2) is 4.79 Å². The van der Waals surface area contributed by atoms with Crippen LogP contribution in [0.15, 0.2) is 24.3 Å². The number of aliphatic hydroxyl groups excluding tert-OH is 1. The second-order valence-electron chi connectivity index (χ2n) is 13.6. The van der Waals surface area contributed by atoms with Crippen molar-refractivity contribution in [2.45, 2.75) is 74.3 Å². The van der Waals surface area contributed by atoms with Crippen molar-refractivity contribution in [1.29, 1.82) is 0 Å². The van der Waals surface area contributed by atoms with E-state index in [-0.39, 0.29) is 43.0 Å². The molecule has 0 radical (unpaired) electrons. The van der Waals surface area contributed by atoms with Crippen molar-refractivity contribution in [3.05, 3.63) is 29.8 Å². The molecule has 226 valence electrons. The largest absolute Gasteiger partial charge is 0.461 e. The van der Waals surface area contributed by atoms with Crippen LogP contribution in [0, 0.1) is 34.5 Å². The molecule has 13 atom stereocenters. The Morgan fingerprint density at radius 3 is 2.56 bits per heavy atom. The summed E-state index contributed by atoms with van der Waals surface area (Å²) in [5.41, 5.74) is 2.26. The smallest absolute Gasteiger partial charge is 0.340 e. The first kappa shape index (κ1) is 28.0. The van der Waals surface area contributed by atoms with Crippen LogP contribution in [0.4, 0.5) is 5.69 Å². The minimum atomic E-state index is -1.70. The third-order valence-electron chi connectivity index (χ3n) is 12.7. The molecule has 1 aromatic rings. The number of likely N-dealkylation sites (tertiary alicyclic amines) is 1. The van der Waals surface area contributed by atoms with Gasteiger partial charge in [0, 0.05) is 68.6 Å². The van der Waals surface area contributed by atoms with E-state index in [1.807, 2.05) is 0 Å². The topological polar surface area (TPSA) is 144 Å². The van der Waals surface area contributed by atoms with Gasteiger partial charge in [-0.05, 0) is 43.9 Å². The molecule has 7 bridgehead atoms. The molecule has 9 unspecified atom stereocenters. The second kappa shape index (κ2) is 9.11. The molecule has 1 aromatic carbocycles. The van der Waals surface area contributed by atoms with E-state index in [2.05, 4.69) is 11.8 Å². The van der Waals surface area contributed by atoms with Crippen LogP contribution in [0.5, 0.6) is 0 Å². The van der Waals surface area contributed by atoms with Crippen LogP contribution < -0.4 is 5.73 Å². The van der Waals surface area contributed by atoms with Crippen LogP contribution in [-0.4, -0.2) is 109 Å². The Bertz CT molecular complexity index is 1230. The van der Waals surface area contributed by atoms with E-state index in [0.29, 0.717) is 43.6 Å². The molecular weight excluding hydrogens is 528 g/mol. The molecule has 7 rings (SSSR count). The van der Waals surface area contributed by atoms with Crippen LogP contribution in [0.2, 0.25) is 0 Å². The van der Waals surface area contributed by atoms with E-state index >= 15 is 0 Å². The molecule has 6 aliphatic rings. The zero-order chi connectivity index (χ0) is 29.1. The number of para-hydroxylation sites is 1. The summed E-state index contributed by atoms with van der Waals surface area (Å²) < 4.78 is 24.6. The lowest BCUT2D eigenvalue weighted by Gasteiger charge is -2.70. The number of ether oxygens (including phenoxy) is 4. The number of nitrogen functional groups attached to an aromatic ring is 1. The number of hydrogen-bond acceptors (Lipinski definition) is 10. The number of likely N-dealkylation sites (N-methyl/N-ethyl adjacent to an activating group) is 1. The van der Waals surface area contributed by atoms with Gasteiger partial charge in [-0.1, -0.05) is 19.1 Å². The van der Waals surface area contributed by atoms with E-state index in [0.717, 1.165) is 0 Å². The third-order valence-corrected chi connectivity index (χ3v) is 12.7. The number of carbonyl (C=O) groups excluding carboxylic acids is 1. The maximum absolute atomic E-state index is 13.3. The molecule has 10 nitrogen and oxygen atoms in total. The maximum atomic E-state index is 13.3. The van der Waals surface area contributed by atoms with Gasteiger partial charge in [-0.2, -0.15) is 0 Å². The molecule has 0 amide bonds. The number of methoxy groups -OCH3 is 3. The first-order chi connectivity index (χ1) is 19.6. The van der Waals surface area contributed by atoms with Gasteiger partial charge in [0.1, 0.15) is 11.2 Å². The summed E-state index contributed by atoms with van der Waals surface area (Å²) in [6.45, 7) is 3.41. The quantitative estimate of drug-likeness (QED) is 0.277. The Kier molecular flexibility index (Phi) is 6.22. The molecule has 0 aromatic heterocycles. The van der Waals surface area contributed by atoms with E-state index in [4.69, 9.17) is 24.7 Å². The molecule has 10 heteroatoms. The molecule has 5 saturated carbocycles. The summed E-state index contributed by atoms with van der Waals surface area (Å²) in [7, 11) is 4.94. The lowest BCUT2D eigenvalue weighted by Crippen LogP contribution is -2.82. The first-order valence-corrected chi connectivity index (χ1v) is 15.1. The average Bonchev–Trinajstić information content (AvgIpc) is 3.33. The number of nitrogens with two attached hydrogens (primary N) is 1. The lowest BCUT2D eigenvalue weighted by molar-refractivity contribution is -0.318. The standard InChI is InChI=1S/C31H44N2O8/c1-5-33-14-28(15-41-26(35)16-8-6-7-9-19(16)32)11-10-21(39-3)30-18-12-17-20(38-2)13-29(36,22(18)23(17)34)31(37,27(30)33)25(40-4)24(28)30/h6-9,17-18,20-25,27,34,36-37H,5,10-15,32H2,1-4H3/t17?,18?,20-,21-,22?,23?,24?,25?,27?,28-,29+,30?,31?/m0/s1. The monoisotopic (exact) mass is 572 g/mol. The minimum absolute atomic E-state index is 0.130. The van der Waals surface area contributed by atoms with Crippen LogP contribution in [0.3, 0.4) is 0 Å². The van der Waals surface area contributed by atoms with Crippen molar-refractivity contribution in [2.75, 3.05) is 46.8 Å². The van der Waals surface area contributed by atoms with Gasteiger partial charge in [0.25, 0.3) is 0 Å². The Hall–Kier alpha value is -1.79. The molecule has 5 aliphatic carbocycles. The Labute approximate surface area is 241 Å². The number of nitrogens with zero attached hydrogens (tertiary/aromatic N) is 1. The number of fused-ring (bicyclic) bond motifs is 2. The summed E-state index contributed by atoms with van der Waals surface area (Å²) in [5.74, 6) is -1.57. The number of esters is 1. The minimum Gasteiger partial charge on any atom is -0.461 e. The highest BCUT2D eigenvalue weighted by molar-refractivity contribution is 5.95. The maximum Gasteiger partial charge on any atom is 0.340 e. The fraction of sp³-hybridized carbons (Fsp3) is 0.774. The normalized spacial score (nSPS) is 51.0. The van der Waals surface area contributed by atoms with Gasteiger partial charge in [0.2, 0.25) is 0 Å². The molecule has 41 heavy (non-hydrogen) atoms. The molecule has 6 fully saturated rings. The third kappa shape index (κ3) is 3.05. The average molecular weight is 573 g/mol. The predicted octanol–water partition coefficient (Wildman–Crippen LogP) is 1.06. The van der Waals surface area contributed by atoms with Crippen LogP contribution >= 0.6 is 0 Å². The zero-order valence-electron chi connectivity index (χ0n) is 24.4. The Balaban J connectivity index is 1.40. The highest BCUT2D eigenvalue weighted by Gasteiger charge is 2.91. The fourth-order valence-corrected chi connectivity index (χ4v) is 11.7. The highest BCUT2D eigenvalue weighted by Crippen LogP contribution is 2.80. The predicted molar refractivity (Wildman–Crippen MR) is 148 cm³/mol. The summed E-state index contributed by atoms with van der Waals surface area (Å²) >= 11 is 0. The number of rotatable bonds is 7. The lowest BCUT2D eigenvalue weighted by atomic mass is 9.42. The van der Waals surface area contributed by atoms with Crippen LogP contribution in [0.25, 0.3) is 0 Å². The van der Waals surface area contributed by atoms with Crippen molar-refractivity contribution in [3.63, 3.8) is 0 Å². The summed E-state index contributed by atoms with van der Waals surface area (Å²) in [6.07, 6.45) is 0.133. The molecule has 1 saturated heterocycles. The van der Waals surface area contributed by atoms with Crippen molar-refractivity contribution < 1.29 is 39.1 Å². The summed E-state index contributed by atoms with van der Waals surface area (Å²) in [5, 5.41) is 37.7. The number of hydrogen-bond donors (Lipinski definition) is 4. The van der Waals surface area contributed by atoms with Crippen molar-refractivity contribution in [2.24, 2.45) is 34.5 Å². The number of piperidine rings is 1. The van der Waals surface area contributed by atoms with Gasteiger partial charge < -0.3 is 40.0 Å². The number of carbonyl (C=O) groups is 1. The van der Waals surface area contributed by atoms with Crippen molar-refractivity contribution >= 4 is 11.7 Å². The zero-order valence-corrected chi connectivity index (χ0v) is 24.4. The van der Waals surface area contributed by atoms with Crippen LogP contribution in [-0.2, 0) is 18.9 Å². The van der Waals surface area contributed by atoms with Gasteiger partial charge in [0.05, 0.1) is 42.6 Å². The van der Waals surface area contributed by atoms with E-state index in [1.54, 1.807) is 45.6 Å². The molecule has 1 spiro atoms. The summed E-state index contributed by atoms with van der Waals surface area (Å²) in [6, 6.07) is 6.44. The molecule has 1 heterocycles. The molecule has 5 N–H and O–H groups in total. The Morgan fingerprint density at radius 2 is 1.90 bits per heavy atom. The Morgan fingerprint density at radius 1 is 1.15 bits per heavy atom. The van der Waals surface area contributed by atoms with E-state index in [9.17, 15) is 20.1 Å². The fourth-order valence-electron chi connectivity index (χ4n) is 11.7. The van der Waals surface area contributed by atoms with Crippen LogP contribution in [0.1, 0.15) is 43.0 Å². The summed E-state index contributed by atoms with van der Waals surface area (Å²) in [4.78, 5) is 15.6. The van der Waals surface area contributed by atoms with Gasteiger partial charge in [-0.15, -0.1) is 0 Å². The van der Waals surface area contributed by atoms with E-state index in [1.165, 1.54) is 0 Å². The molecular formula is C31H44N2O8. The van der Waals surface area contributed by atoms with Gasteiger partial charge >= 0.3 is 5.97 Å². The van der Waals surface area contributed by atoms with Crippen molar-refractivity contribution in [1.82, 2.24) is 4.90 Å². The van der Waals surface area contributed by atoms with E-state index < -0.39 is 52.2 Å². The second-order valence-corrected chi connectivity index (χ2v) is 13.6. The number of anilines is 1. The first-order valence-electron chi connectivity index (χ1n) is 15.1. The SMILES string of the molecule is CCN1C[C@]2(COC(=O)c3ccccc3N)CC[C@H](OC)C34C5CC6C(O)C5[C@](O)(C[C@@H]6OC)C(O)(C(OC)C32)C14.